The lowest BCUT2D eigenvalue weighted by Gasteiger charge is -2.18. The van der Waals surface area contributed by atoms with E-state index in [0.717, 1.165) is 10.5 Å². The lowest BCUT2D eigenvalue weighted by molar-refractivity contribution is 0.170. The summed E-state index contributed by atoms with van der Waals surface area (Å²) in [6, 6.07) is 6.98. The third-order valence-corrected chi connectivity index (χ3v) is 4.44. The monoisotopic (exact) mass is 478 g/mol. The molecular formula is C20H22N12O3. The summed E-state index contributed by atoms with van der Waals surface area (Å²) >= 11 is 0. The van der Waals surface area contributed by atoms with Crippen LogP contribution in [0.5, 0.6) is 0 Å². The van der Waals surface area contributed by atoms with E-state index in [9.17, 15) is 10.2 Å². The molecule has 15 heteroatoms. The van der Waals surface area contributed by atoms with Crippen molar-refractivity contribution in [1.29, 1.82) is 0 Å². The van der Waals surface area contributed by atoms with Gasteiger partial charge >= 0.3 is 0 Å². The SMILES string of the molecule is Nc1nc(NCOCNc2nc(-c3ccncc3)nc(N(CO)CO)n2)nc(-c2ccncc2)n1. The number of hydrogen-bond acceptors (Lipinski definition) is 15. The Morgan fingerprint density at radius 3 is 1.77 bits per heavy atom. The summed E-state index contributed by atoms with van der Waals surface area (Å²) in [6.07, 6.45) is 6.46. The molecular weight excluding hydrogens is 456 g/mol. The fraction of sp³-hybridized carbons (Fsp3) is 0.200. The summed E-state index contributed by atoms with van der Waals surface area (Å²) < 4.78 is 5.53. The van der Waals surface area contributed by atoms with Gasteiger partial charge in [0.05, 0.1) is 0 Å². The number of nitrogens with two attached hydrogens (primary N) is 1. The molecule has 0 aliphatic heterocycles. The zero-order valence-corrected chi connectivity index (χ0v) is 18.4. The minimum Gasteiger partial charge on any atom is -0.376 e. The second kappa shape index (κ2) is 11.5. The Balaban J connectivity index is 1.39. The molecule has 6 N–H and O–H groups in total. The highest BCUT2D eigenvalue weighted by molar-refractivity contribution is 5.58. The zero-order chi connectivity index (χ0) is 24.5. The van der Waals surface area contributed by atoms with Crippen LogP contribution in [0.4, 0.5) is 23.8 Å². The van der Waals surface area contributed by atoms with Crippen LogP contribution in [0.15, 0.2) is 49.1 Å². The standard InChI is InChI=1S/C20H22N12O3/c21-17-26-15(13-1-5-22-6-2-13)27-18(30-17)24-9-35-10-25-19-28-16(14-3-7-23-8-4-14)29-20(31-19)32(11-33)12-34/h1-8,33-34H,9-12H2,(H,25,28,29,31)(H3,21,24,26,27,30). The van der Waals surface area contributed by atoms with Gasteiger partial charge in [-0.2, -0.15) is 29.9 Å². The molecule has 180 valence electrons. The number of anilines is 4. The Morgan fingerprint density at radius 2 is 1.23 bits per heavy atom. The second-order valence-electron chi connectivity index (χ2n) is 6.76. The Kier molecular flexibility index (Phi) is 7.74. The van der Waals surface area contributed by atoms with E-state index >= 15 is 0 Å². The highest BCUT2D eigenvalue weighted by atomic mass is 16.5. The number of aliphatic hydroxyl groups excluding tert-OH is 2. The number of aromatic nitrogens is 8. The minimum absolute atomic E-state index is 0.0161. The zero-order valence-electron chi connectivity index (χ0n) is 18.4. The summed E-state index contributed by atoms with van der Waals surface area (Å²) in [5, 5.41) is 24.8. The van der Waals surface area contributed by atoms with Crippen LogP contribution >= 0.6 is 0 Å². The predicted molar refractivity (Wildman–Crippen MR) is 125 cm³/mol. The highest BCUT2D eigenvalue weighted by Crippen LogP contribution is 2.19. The van der Waals surface area contributed by atoms with Gasteiger partial charge < -0.3 is 31.3 Å². The van der Waals surface area contributed by atoms with Gasteiger partial charge in [-0.25, -0.2) is 0 Å². The predicted octanol–water partition coefficient (Wildman–Crippen LogP) is -0.0756. The lowest BCUT2D eigenvalue weighted by Crippen LogP contribution is -2.28. The molecule has 0 aromatic carbocycles. The number of nitrogens with one attached hydrogen (secondary N) is 2. The Bertz CT molecular complexity index is 1230. The number of rotatable bonds is 11. The van der Waals surface area contributed by atoms with Crippen LogP contribution in [0.25, 0.3) is 22.8 Å². The van der Waals surface area contributed by atoms with Crippen molar-refractivity contribution in [2.45, 2.75) is 0 Å². The van der Waals surface area contributed by atoms with Gasteiger partial charge in [-0.3, -0.25) is 14.9 Å². The average Bonchev–Trinajstić information content (AvgIpc) is 2.90. The Hall–Kier alpha value is -4.60. The molecule has 0 bridgehead atoms. The highest BCUT2D eigenvalue weighted by Gasteiger charge is 2.13. The number of nitrogen functional groups attached to an aromatic ring is 1. The van der Waals surface area contributed by atoms with Crippen molar-refractivity contribution < 1.29 is 14.9 Å². The molecule has 0 unspecified atom stereocenters. The summed E-state index contributed by atoms with van der Waals surface area (Å²) in [7, 11) is 0. The molecule has 4 aromatic rings. The number of nitrogens with zero attached hydrogens (tertiary/aromatic N) is 9. The van der Waals surface area contributed by atoms with E-state index in [4.69, 9.17) is 10.5 Å². The van der Waals surface area contributed by atoms with Gasteiger partial charge in [-0.05, 0) is 24.3 Å². The fourth-order valence-corrected chi connectivity index (χ4v) is 2.77. The minimum atomic E-state index is -0.479. The fourth-order valence-electron chi connectivity index (χ4n) is 2.77. The van der Waals surface area contributed by atoms with Crippen molar-refractivity contribution >= 4 is 23.8 Å². The number of pyridine rings is 2. The molecule has 15 nitrogen and oxygen atoms in total. The molecule has 35 heavy (non-hydrogen) atoms. The van der Waals surface area contributed by atoms with Gasteiger partial charge in [0.1, 0.15) is 26.9 Å². The molecule has 0 aliphatic rings. The molecule has 0 saturated heterocycles. The van der Waals surface area contributed by atoms with Crippen LogP contribution in [-0.2, 0) is 4.74 Å². The summed E-state index contributed by atoms with van der Waals surface area (Å²) in [5.74, 6) is 1.30. The quantitative estimate of drug-likeness (QED) is 0.141. The van der Waals surface area contributed by atoms with E-state index in [1.807, 2.05) is 0 Å². The van der Waals surface area contributed by atoms with Crippen molar-refractivity contribution in [2.24, 2.45) is 0 Å². The summed E-state index contributed by atoms with van der Waals surface area (Å²) in [4.78, 5) is 34.5. The van der Waals surface area contributed by atoms with Crippen molar-refractivity contribution in [3.05, 3.63) is 49.1 Å². The first-order valence-corrected chi connectivity index (χ1v) is 10.3. The maximum absolute atomic E-state index is 9.47. The Labute approximate surface area is 199 Å². The van der Waals surface area contributed by atoms with E-state index in [1.165, 1.54) is 0 Å². The molecule has 0 amide bonds. The van der Waals surface area contributed by atoms with E-state index in [0.29, 0.717) is 17.2 Å². The van der Waals surface area contributed by atoms with Gasteiger partial charge in [-0.1, -0.05) is 0 Å². The van der Waals surface area contributed by atoms with Gasteiger partial charge in [0.2, 0.25) is 23.8 Å². The maximum atomic E-state index is 9.47. The van der Waals surface area contributed by atoms with E-state index < -0.39 is 13.5 Å². The van der Waals surface area contributed by atoms with Crippen LogP contribution in [0.2, 0.25) is 0 Å². The average molecular weight is 478 g/mol. The van der Waals surface area contributed by atoms with Crippen LogP contribution in [0.1, 0.15) is 0 Å². The smallest absolute Gasteiger partial charge is 0.234 e. The van der Waals surface area contributed by atoms with Crippen LogP contribution in [0, 0.1) is 0 Å². The molecule has 0 saturated carbocycles. The molecule has 4 heterocycles. The topological polar surface area (TPSA) is 206 Å². The van der Waals surface area contributed by atoms with Crippen molar-refractivity contribution in [3.8, 4) is 22.8 Å². The first-order chi connectivity index (χ1) is 17.2. The summed E-state index contributed by atoms with van der Waals surface area (Å²) in [5.41, 5.74) is 7.22. The van der Waals surface area contributed by atoms with Crippen LogP contribution < -0.4 is 21.3 Å². The summed E-state index contributed by atoms with van der Waals surface area (Å²) in [6.45, 7) is -0.900. The van der Waals surface area contributed by atoms with Crippen molar-refractivity contribution in [2.75, 3.05) is 48.2 Å². The third kappa shape index (κ3) is 6.26. The van der Waals surface area contributed by atoms with Gasteiger partial charge in [0, 0.05) is 35.9 Å². The molecule has 0 fully saturated rings. The molecule has 4 aromatic heterocycles. The third-order valence-electron chi connectivity index (χ3n) is 4.44. The van der Waals surface area contributed by atoms with Gasteiger partial charge in [-0.15, -0.1) is 0 Å². The van der Waals surface area contributed by atoms with Crippen LogP contribution in [-0.4, -0.2) is 77.0 Å². The number of aliphatic hydroxyl groups is 2. The van der Waals surface area contributed by atoms with E-state index in [1.54, 1.807) is 49.1 Å². The largest absolute Gasteiger partial charge is 0.376 e. The molecule has 0 atom stereocenters. The Morgan fingerprint density at radius 1 is 0.714 bits per heavy atom. The lowest BCUT2D eigenvalue weighted by atomic mass is 10.2. The molecule has 4 rings (SSSR count). The van der Waals surface area contributed by atoms with Crippen molar-refractivity contribution in [3.63, 3.8) is 0 Å². The first-order valence-electron chi connectivity index (χ1n) is 10.3. The van der Waals surface area contributed by atoms with Crippen molar-refractivity contribution in [1.82, 2.24) is 39.9 Å². The van der Waals surface area contributed by atoms with E-state index in [2.05, 4.69) is 50.5 Å². The number of ether oxygens (including phenoxy) is 1. The number of hydrogen-bond donors (Lipinski definition) is 5. The maximum Gasteiger partial charge on any atom is 0.234 e. The molecule has 0 radical (unpaired) electrons. The van der Waals surface area contributed by atoms with Gasteiger partial charge in [0.15, 0.2) is 11.6 Å². The molecule has 0 aliphatic carbocycles. The van der Waals surface area contributed by atoms with E-state index in [-0.39, 0.29) is 37.3 Å². The molecule has 0 spiro atoms. The second-order valence-corrected chi connectivity index (χ2v) is 6.76. The van der Waals surface area contributed by atoms with Crippen LogP contribution in [0.3, 0.4) is 0 Å². The van der Waals surface area contributed by atoms with Gasteiger partial charge in [0.25, 0.3) is 0 Å². The first kappa shape index (κ1) is 23.6. The normalized spacial score (nSPS) is 10.7.